The predicted octanol–water partition coefficient (Wildman–Crippen LogP) is 10.3. The minimum absolute atomic E-state index is 0.454. The second-order valence-electron chi connectivity index (χ2n) is 10.2. The summed E-state index contributed by atoms with van der Waals surface area (Å²) in [5.41, 5.74) is 6.28. The van der Waals surface area contributed by atoms with Gasteiger partial charge in [-0.1, -0.05) is 135 Å². The van der Waals surface area contributed by atoms with E-state index in [4.69, 9.17) is 5.73 Å². The Hall–Kier alpha value is -0.560. The topological polar surface area (TPSA) is 26.0 Å². The summed E-state index contributed by atoms with van der Waals surface area (Å²) in [6, 6.07) is 0.454. The summed E-state index contributed by atoms with van der Waals surface area (Å²) in [5, 5.41) is 0. The van der Waals surface area contributed by atoms with Gasteiger partial charge in [-0.25, -0.2) is 0 Å². The second-order valence-corrected chi connectivity index (χ2v) is 10.2. The van der Waals surface area contributed by atoms with Crippen molar-refractivity contribution in [2.45, 2.75) is 162 Å². The van der Waals surface area contributed by atoms with Crippen LogP contribution in [0.3, 0.4) is 0 Å². The number of hydrogen-bond acceptors (Lipinski definition) is 1. The Kier molecular flexibility index (Phi) is 25.2. The van der Waals surface area contributed by atoms with Crippen LogP contribution >= 0.6 is 0 Å². The van der Waals surface area contributed by atoms with Gasteiger partial charge in [0.05, 0.1) is 0 Å². The Bertz CT molecular complexity index is 382. The van der Waals surface area contributed by atoms with Crippen LogP contribution in [0.25, 0.3) is 0 Å². The molecule has 1 heteroatoms. The van der Waals surface area contributed by atoms with Gasteiger partial charge in [-0.15, -0.1) is 0 Å². The van der Waals surface area contributed by atoms with E-state index in [9.17, 15) is 0 Å². The van der Waals surface area contributed by atoms with Crippen molar-refractivity contribution in [2.75, 3.05) is 0 Å². The molecule has 0 aliphatic rings. The molecule has 0 aromatic carbocycles. The van der Waals surface area contributed by atoms with Crippen molar-refractivity contribution in [2.24, 2.45) is 11.7 Å². The monoisotopic (exact) mass is 433 g/mol. The van der Waals surface area contributed by atoms with E-state index in [-0.39, 0.29) is 0 Å². The third-order valence-electron chi connectivity index (χ3n) is 6.38. The summed E-state index contributed by atoms with van der Waals surface area (Å²) in [5.74, 6) is 0.855. The van der Waals surface area contributed by atoms with E-state index in [1.165, 1.54) is 128 Å². The molecule has 0 rings (SSSR count). The molecule has 184 valence electrons. The van der Waals surface area contributed by atoms with Crippen molar-refractivity contribution in [3.63, 3.8) is 0 Å². The Morgan fingerprint density at radius 2 is 0.935 bits per heavy atom. The molecule has 0 amide bonds. The summed E-state index contributed by atoms with van der Waals surface area (Å²) in [6.07, 6.45) is 37.7. The third kappa shape index (κ3) is 27.4. The standard InChI is InChI=1S/C30H59N/c1-4-5-6-7-8-9-10-11-12-13-14-15-16-17-18-19-20-21-24-27-30(31)28-25-22-23-26-29(2)3/h8-9,11-12,29-30H,4-7,10,13-28,31H2,1-3H3. The molecule has 0 aliphatic carbocycles. The lowest BCUT2D eigenvalue weighted by Gasteiger charge is -2.11. The van der Waals surface area contributed by atoms with Crippen LogP contribution in [0.2, 0.25) is 0 Å². The normalized spacial score (nSPS) is 13.2. The van der Waals surface area contributed by atoms with Crippen molar-refractivity contribution in [1.82, 2.24) is 0 Å². The fourth-order valence-electron chi connectivity index (χ4n) is 4.21. The molecule has 1 nitrogen and oxygen atoms in total. The van der Waals surface area contributed by atoms with Gasteiger partial charge in [0, 0.05) is 6.04 Å². The average Bonchev–Trinajstić information content (AvgIpc) is 2.75. The van der Waals surface area contributed by atoms with Crippen molar-refractivity contribution >= 4 is 0 Å². The molecular weight excluding hydrogens is 374 g/mol. The highest BCUT2D eigenvalue weighted by Gasteiger charge is 2.03. The van der Waals surface area contributed by atoms with Gasteiger partial charge in [-0.2, -0.15) is 0 Å². The van der Waals surface area contributed by atoms with Gasteiger partial charge in [-0.3, -0.25) is 0 Å². The summed E-state index contributed by atoms with van der Waals surface area (Å²) in [4.78, 5) is 0. The predicted molar refractivity (Wildman–Crippen MR) is 144 cm³/mol. The fraction of sp³-hybridized carbons (Fsp3) is 0.867. The van der Waals surface area contributed by atoms with Crippen LogP contribution in [-0.4, -0.2) is 6.04 Å². The molecule has 0 aliphatic heterocycles. The SMILES string of the molecule is CCCCCC=CCC=CCCCCCCCCCCCC(N)CCCCCC(C)C. The Morgan fingerprint density at radius 3 is 1.45 bits per heavy atom. The van der Waals surface area contributed by atoms with Gasteiger partial charge in [0.15, 0.2) is 0 Å². The van der Waals surface area contributed by atoms with E-state index in [0.29, 0.717) is 6.04 Å². The van der Waals surface area contributed by atoms with E-state index in [0.717, 1.165) is 12.3 Å². The number of unbranched alkanes of at least 4 members (excludes halogenated alkanes) is 14. The summed E-state index contributed by atoms with van der Waals surface area (Å²) >= 11 is 0. The lowest BCUT2D eigenvalue weighted by molar-refractivity contribution is 0.469. The van der Waals surface area contributed by atoms with E-state index in [1.807, 2.05) is 0 Å². The molecule has 2 N–H and O–H groups in total. The van der Waals surface area contributed by atoms with Crippen LogP contribution in [0.5, 0.6) is 0 Å². The number of hydrogen-bond donors (Lipinski definition) is 1. The first-order chi connectivity index (χ1) is 15.2. The van der Waals surface area contributed by atoms with Crippen molar-refractivity contribution in [3.05, 3.63) is 24.3 Å². The van der Waals surface area contributed by atoms with Crippen molar-refractivity contribution < 1.29 is 0 Å². The molecular formula is C30H59N. The first kappa shape index (κ1) is 30.4. The van der Waals surface area contributed by atoms with Gasteiger partial charge in [-0.05, 0) is 50.9 Å². The highest BCUT2D eigenvalue weighted by Crippen LogP contribution is 2.15. The fourth-order valence-corrected chi connectivity index (χ4v) is 4.21. The molecule has 0 radical (unpaired) electrons. The zero-order valence-corrected chi connectivity index (χ0v) is 21.9. The minimum atomic E-state index is 0.454. The van der Waals surface area contributed by atoms with Crippen LogP contribution in [0.4, 0.5) is 0 Å². The number of rotatable bonds is 24. The van der Waals surface area contributed by atoms with E-state index >= 15 is 0 Å². The molecule has 1 unspecified atom stereocenters. The van der Waals surface area contributed by atoms with Crippen molar-refractivity contribution in [3.8, 4) is 0 Å². The maximum atomic E-state index is 6.28. The summed E-state index contributed by atoms with van der Waals surface area (Å²) < 4.78 is 0. The number of nitrogens with two attached hydrogens (primary N) is 1. The first-order valence-corrected chi connectivity index (χ1v) is 14.2. The van der Waals surface area contributed by atoms with Crippen LogP contribution in [-0.2, 0) is 0 Å². The molecule has 0 heterocycles. The lowest BCUT2D eigenvalue weighted by atomic mass is 9.99. The zero-order chi connectivity index (χ0) is 22.8. The third-order valence-corrected chi connectivity index (χ3v) is 6.38. The van der Waals surface area contributed by atoms with Crippen LogP contribution in [0.1, 0.15) is 156 Å². The Morgan fingerprint density at radius 1 is 0.516 bits per heavy atom. The smallest absolute Gasteiger partial charge is 0.00388 e. The number of allylic oxidation sites excluding steroid dienone is 4. The molecule has 0 bridgehead atoms. The summed E-state index contributed by atoms with van der Waals surface area (Å²) in [6.45, 7) is 6.91. The van der Waals surface area contributed by atoms with E-state index in [2.05, 4.69) is 45.1 Å². The van der Waals surface area contributed by atoms with Crippen LogP contribution in [0.15, 0.2) is 24.3 Å². The summed E-state index contributed by atoms with van der Waals surface area (Å²) in [7, 11) is 0. The molecule has 0 fully saturated rings. The lowest BCUT2D eigenvalue weighted by Crippen LogP contribution is -2.19. The second kappa shape index (κ2) is 25.7. The molecule has 0 aromatic heterocycles. The molecule has 0 aromatic rings. The van der Waals surface area contributed by atoms with Gasteiger partial charge in [0.2, 0.25) is 0 Å². The van der Waals surface area contributed by atoms with Gasteiger partial charge in [0.25, 0.3) is 0 Å². The van der Waals surface area contributed by atoms with Crippen molar-refractivity contribution in [1.29, 1.82) is 0 Å². The molecule has 0 saturated heterocycles. The van der Waals surface area contributed by atoms with Gasteiger partial charge in [0.1, 0.15) is 0 Å². The van der Waals surface area contributed by atoms with Crippen LogP contribution in [0, 0.1) is 5.92 Å². The Balaban J connectivity index is 3.21. The first-order valence-electron chi connectivity index (χ1n) is 14.2. The largest absolute Gasteiger partial charge is 0.328 e. The van der Waals surface area contributed by atoms with E-state index < -0.39 is 0 Å². The molecule has 0 saturated carbocycles. The molecule has 1 atom stereocenters. The molecule has 0 spiro atoms. The van der Waals surface area contributed by atoms with Gasteiger partial charge < -0.3 is 5.73 Å². The highest BCUT2D eigenvalue weighted by molar-refractivity contribution is 4.92. The zero-order valence-electron chi connectivity index (χ0n) is 21.9. The van der Waals surface area contributed by atoms with E-state index in [1.54, 1.807) is 0 Å². The van der Waals surface area contributed by atoms with Gasteiger partial charge >= 0.3 is 0 Å². The molecule has 31 heavy (non-hydrogen) atoms. The highest BCUT2D eigenvalue weighted by atomic mass is 14.6. The quantitative estimate of drug-likeness (QED) is 0.119. The minimum Gasteiger partial charge on any atom is -0.328 e. The average molecular weight is 434 g/mol. The maximum Gasteiger partial charge on any atom is 0.00388 e. The van der Waals surface area contributed by atoms with Crippen LogP contribution < -0.4 is 5.73 Å². The maximum absolute atomic E-state index is 6.28. The Labute approximate surface area is 197 Å².